The van der Waals surface area contributed by atoms with Crippen molar-refractivity contribution in [3.8, 4) is 11.8 Å². The van der Waals surface area contributed by atoms with Crippen molar-refractivity contribution >= 4 is 23.2 Å². The highest BCUT2D eigenvalue weighted by atomic mass is 32.1. The molecule has 1 heterocycles. The fourth-order valence-corrected chi connectivity index (χ4v) is 2.61. The van der Waals surface area contributed by atoms with Gasteiger partial charge in [-0.05, 0) is 36.4 Å². The highest BCUT2D eigenvalue weighted by Crippen LogP contribution is 2.20. The third-order valence-electron chi connectivity index (χ3n) is 2.86. The normalized spacial score (nSPS) is 9.83. The number of rotatable bonds is 4. The zero-order chi connectivity index (χ0) is 16.8. The van der Waals surface area contributed by atoms with E-state index in [1.54, 1.807) is 12.1 Å². The van der Waals surface area contributed by atoms with Crippen molar-refractivity contribution in [3.05, 3.63) is 57.5 Å². The van der Waals surface area contributed by atoms with Crippen LogP contribution in [0.15, 0.2) is 36.4 Å². The van der Waals surface area contributed by atoms with Crippen molar-refractivity contribution < 1.29 is 19.2 Å². The number of hydroxylamine groups is 2. The van der Waals surface area contributed by atoms with Crippen LogP contribution in [-0.2, 0) is 6.42 Å². The molecule has 2 aromatic rings. The van der Waals surface area contributed by atoms with Crippen LogP contribution in [0.5, 0.6) is 0 Å². The Labute approximate surface area is 136 Å². The van der Waals surface area contributed by atoms with Gasteiger partial charge in [-0.25, -0.2) is 9.18 Å². The van der Waals surface area contributed by atoms with Crippen LogP contribution in [0.4, 0.5) is 9.18 Å². The average Bonchev–Trinajstić information content (AvgIpc) is 3.00. The summed E-state index contributed by atoms with van der Waals surface area (Å²) >= 11 is 1.29. The largest absolute Gasteiger partial charge is 0.350 e. The third-order valence-corrected chi connectivity index (χ3v) is 3.95. The number of urea groups is 1. The van der Waals surface area contributed by atoms with Gasteiger partial charge in [-0.15, -0.1) is 11.3 Å². The molecule has 2 rings (SSSR count). The van der Waals surface area contributed by atoms with Crippen LogP contribution in [0, 0.1) is 17.7 Å². The highest BCUT2D eigenvalue weighted by Gasteiger charge is 2.11. The van der Waals surface area contributed by atoms with Crippen LogP contribution >= 0.6 is 11.3 Å². The summed E-state index contributed by atoms with van der Waals surface area (Å²) in [7, 11) is 0. The SMILES string of the molecule is NC(=O)N(O)CC#CCc1ccc(C(=O)c2ccc(F)cc2)s1. The first-order chi connectivity index (χ1) is 11.0. The van der Waals surface area contributed by atoms with Gasteiger partial charge in [0.05, 0.1) is 4.88 Å². The maximum Gasteiger partial charge on any atom is 0.339 e. The predicted octanol–water partition coefficient (Wildman–Crippen LogP) is 2.43. The zero-order valence-corrected chi connectivity index (χ0v) is 12.8. The first-order valence-electron chi connectivity index (χ1n) is 6.58. The number of carbonyl (C=O) groups is 2. The van der Waals surface area contributed by atoms with Crippen molar-refractivity contribution in [2.75, 3.05) is 6.54 Å². The molecule has 0 unspecified atom stereocenters. The summed E-state index contributed by atoms with van der Waals surface area (Å²) in [5.74, 6) is 4.81. The van der Waals surface area contributed by atoms with Gasteiger partial charge in [0, 0.05) is 16.9 Å². The molecule has 0 aliphatic carbocycles. The number of primary amides is 1. The minimum Gasteiger partial charge on any atom is -0.350 e. The van der Waals surface area contributed by atoms with Gasteiger partial charge in [0.2, 0.25) is 5.78 Å². The van der Waals surface area contributed by atoms with E-state index in [-0.39, 0.29) is 12.3 Å². The number of amides is 2. The van der Waals surface area contributed by atoms with Crippen LogP contribution in [0.2, 0.25) is 0 Å². The van der Waals surface area contributed by atoms with E-state index in [1.165, 1.54) is 35.6 Å². The van der Waals surface area contributed by atoms with E-state index in [4.69, 9.17) is 10.9 Å². The molecule has 3 N–H and O–H groups in total. The lowest BCUT2D eigenvalue weighted by molar-refractivity contribution is -0.0269. The zero-order valence-electron chi connectivity index (χ0n) is 12.0. The average molecular weight is 332 g/mol. The van der Waals surface area contributed by atoms with Gasteiger partial charge in [-0.2, -0.15) is 5.06 Å². The quantitative estimate of drug-likeness (QED) is 0.390. The van der Waals surface area contributed by atoms with Gasteiger partial charge in [0.25, 0.3) is 0 Å². The number of carbonyl (C=O) groups excluding carboxylic acids is 2. The van der Waals surface area contributed by atoms with E-state index in [0.29, 0.717) is 21.9 Å². The molecule has 1 aromatic heterocycles. The number of nitrogens with zero attached hydrogens (tertiary/aromatic N) is 1. The van der Waals surface area contributed by atoms with E-state index in [0.717, 1.165) is 4.88 Å². The minimum atomic E-state index is -0.970. The first kappa shape index (κ1) is 16.7. The van der Waals surface area contributed by atoms with Gasteiger partial charge in [-0.3, -0.25) is 10.0 Å². The van der Waals surface area contributed by atoms with Crippen LogP contribution in [0.3, 0.4) is 0 Å². The van der Waals surface area contributed by atoms with E-state index in [9.17, 15) is 14.0 Å². The van der Waals surface area contributed by atoms with Crippen LogP contribution in [0.25, 0.3) is 0 Å². The van der Waals surface area contributed by atoms with E-state index < -0.39 is 11.8 Å². The Kier molecular flexibility index (Phi) is 5.46. The molecule has 23 heavy (non-hydrogen) atoms. The van der Waals surface area contributed by atoms with Crippen molar-refractivity contribution in [2.45, 2.75) is 6.42 Å². The number of thiophene rings is 1. The van der Waals surface area contributed by atoms with Gasteiger partial charge < -0.3 is 5.73 Å². The molecule has 7 heteroatoms. The molecule has 0 radical (unpaired) electrons. The summed E-state index contributed by atoms with van der Waals surface area (Å²) in [4.78, 5) is 24.2. The molecule has 1 aromatic carbocycles. The van der Waals surface area contributed by atoms with Crippen LogP contribution < -0.4 is 5.73 Å². The maximum atomic E-state index is 12.9. The second kappa shape index (κ2) is 7.54. The van der Waals surface area contributed by atoms with E-state index in [1.807, 2.05) is 0 Å². The van der Waals surface area contributed by atoms with Gasteiger partial charge in [0.15, 0.2) is 0 Å². The monoisotopic (exact) mass is 332 g/mol. The Hall–Kier alpha value is -2.69. The molecule has 0 spiro atoms. The van der Waals surface area contributed by atoms with Gasteiger partial charge >= 0.3 is 6.03 Å². The second-order valence-corrected chi connectivity index (χ2v) is 5.70. The standard InChI is InChI=1S/C16H13FN2O3S/c17-12-6-4-11(5-7-12)15(20)14-9-8-13(23-14)3-1-2-10-19(22)16(18)21/h4-9,22H,3,10H2,(H2,18,21). The fourth-order valence-electron chi connectivity index (χ4n) is 1.70. The number of benzene rings is 1. The maximum absolute atomic E-state index is 12.9. The molecule has 0 saturated heterocycles. The van der Waals surface area contributed by atoms with Crippen molar-refractivity contribution in [1.29, 1.82) is 0 Å². The lowest BCUT2D eigenvalue weighted by Gasteiger charge is -2.05. The second-order valence-electron chi connectivity index (χ2n) is 4.53. The lowest BCUT2D eigenvalue weighted by atomic mass is 10.1. The molecule has 5 nitrogen and oxygen atoms in total. The molecule has 2 amide bonds. The Morgan fingerprint density at radius 2 is 1.87 bits per heavy atom. The Morgan fingerprint density at radius 1 is 1.17 bits per heavy atom. The summed E-state index contributed by atoms with van der Waals surface area (Å²) in [5, 5.41) is 9.34. The Balaban J connectivity index is 1.98. The van der Waals surface area contributed by atoms with E-state index in [2.05, 4.69) is 11.8 Å². The molecule has 0 atom stereocenters. The predicted molar refractivity (Wildman–Crippen MR) is 83.7 cm³/mol. The number of halogens is 1. The summed E-state index contributed by atoms with van der Waals surface area (Å²) in [6.45, 7) is -0.178. The minimum absolute atomic E-state index is 0.176. The smallest absolute Gasteiger partial charge is 0.339 e. The summed E-state index contributed by atoms with van der Waals surface area (Å²) in [5.41, 5.74) is 5.26. The van der Waals surface area contributed by atoms with Crippen molar-refractivity contribution in [1.82, 2.24) is 5.06 Å². The molecule has 0 fully saturated rings. The summed E-state index contributed by atoms with van der Waals surface area (Å²) in [6, 6.07) is 7.87. The van der Waals surface area contributed by atoms with Crippen molar-refractivity contribution in [2.24, 2.45) is 5.73 Å². The number of hydrogen-bond donors (Lipinski definition) is 2. The van der Waals surface area contributed by atoms with Crippen LogP contribution in [0.1, 0.15) is 20.1 Å². The van der Waals surface area contributed by atoms with E-state index >= 15 is 0 Å². The number of ketones is 1. The molecule has 118 valence electrons. The molecular formula is C16H13FN2O3S. The number of nitrogens with two attached hydrogens (primary N) is 1. The van der Waals surface area contributed by atoms with Crippen LogP contribution in [-0.4, -0.2) is 28.6 Å². The summed E-state index contributed by atoms with van der Waals surface area (Å²) < 4.78 is 12.9. The fraction of sp³-hybridized carbons (Fsp3) is 0.125. The number of hydrogen-bond acceptors (Lipinski definition) is 4. The van der Waals surface area contributed by atoms with Gasteiger partial charge in [-0.1, -0.05) is 11.8 Å². The topological polar surface area (TPSA) is 83.6 Å². The van der Waals surface area contributed by atoms with Crippen molar-refractivity contribution in [3.63, 3.8) is 0 Å². The molecular weight excluding hydrogens is 319 g/mol. The Morgan fingerprint density at radius 3 is 2.52 bits per heavy atom. The third kappa shape index (κ3) is 4.64. The summed E-state index contributed by atoms with van der Waals surface area (Å²) in [6.07, 6.45) is 0.383. The lowest BCUT2D eigenvalue weighted by Crippen LogP contribution is -2.32. The molecule has 0 aliphatic rings. The Bertz CT molecular complexity index is 775. The first-order valence-corrected chi connectivity index (χ1v) is 7.39. The molecule has 0 bridgehead atoms. The molecule has 0 aliphatic heterocycles. The van der Waals surface area contributed by atoms with Gasteiger partial charge in [0.1, 0.15) is 12.4 Å². The highest BCUT2D eigenvalue weighted by molar-refractivity contribution is 7.14. The molecule has 0 saturated carbocycles.